The van der Waals surface area contributed by atoms with Crippen molar-refractivity contribution in [3.8, 4) is 6.07 Å². The Morgan fingerprint density at radius 1 is 1.11 bits per heavy atom. The van der Waals surface area contributed by atoms with Crippen LogP contribution in [-0.4, -0.2) is 22.6 Å². The lowest BCUT2D eigenvalue weighted by atomic mass is 9.85. The SMILES string of the molecule is CC1=C(C(=O)Nc2nc3ccccc3s2)C(c2ccco2)C(C#N)=C(SCC(=O)Nc2ccccc2C)N1. The van der Waals surface area contributed by atoms with Crippen LogP contribution >= 0.6 is 23.1 Å². The second kappa shape index (κ2) is 11.0. The van der Waals surface area contributed by atoms with E-state index in [1.807, 2.05) is 55.5 Å². The van der Waals surface area contributed by atoms with Gasteiger partial charge in [0.05, 0.1) is 50.4 Å². The molecule has 1 unspecified atom stereocenters. The summed E-state index contributed by atoms with van der Waals surface area (Å²) in [4.78, 5) is 30.7. The third-order valence-electron chi connectivity index (χ3n) is 6.00. The maximum absolute atomic E-state index is 13.5. The number of thiazole rings is 1. The van der Waals surface area contributed by atoms with E-state index in [1.165, 1.54) is 29.4 Å². The number of furan rings is 1. The average Bonchev–Trinajstić information content (AvgIpc) is 3.58. The summed E-state index contributed by atoms with van der Waals surface area (Å²) >= 11 is 2.58. The number of amides is 2. The molecule has 0 radical (unpaired) electrons. The minimum Gasteiger partial charge on any atom is -0.468 e. The Morgan fingerprint density at radius 2 is 1.89 bits per heavy atom. The van der Waals surface area contributed by atoms with Gasteiger partial charge in [-0.2, -0.15) is 5.26 Å². The number of rotatable bonds is 7. The summed E-state index contributed by atoms with van der Waals surface area (Å²) < 4.78 is 6.63. The van der Waals surface area contributed by atoms with Crippen molar-refractivity contribution < 1.29 is 14.0 Å². The number of benzene rings is 2. The zero-order valence-corrected chi connectivity index (χ0v) is 22.2. The molecule has 1 aliphatic heterocycles. The van der Waals surface area contributed by atoms with E-state index in [0.29, 0.717) is 32.8 Å². The van der Waals surface area contributed by atoms with E-state index in [1.54, 1.807) is 19.1 Å². The molecule has 0 bridgehead atoms. The summed E-state index contributed by atoms with van der Waals surface area (Å²) in [5.74, 6) is -0.796. The number of dihydropyridines is 1. The molecule has 3 N–H and O–H groups in total. The number of fused-ring (bicyclic) bond motifs is 1. The molecule has 38 heavy (non-hydrogen) atoms. The second-order valence-corrected chi connectivity index (χ2v) is 10.6. The highest BCUT2D eigenvalue weighted by Gasteiger charge is 2.36. The number of aryl methyl sites for hydroxylation is 1. The van der Waals surface area contributed by atoms with Crippen molar-refractivity contribution in [2.75, 3.05) is 16.4 Å². The lowest BCUT2D eigenvalue weighted by Gasteiger charge is -2.28. The molecule has 8 nitrogen and oxygen atoms in total. The fourth-order valence-electron chi connectivity index (χ4n) is 4.19. The molecule has 5 rings (SSSR count). The van der Waals surface area contributed by atoms with Crippen LogP contribution in [0, 0.1) is 18.3 Å². The van der Waals surface area contributed by atoms with Crippen molar-refractivity contribution >= 4 is 55.9 Å². The quantitative estimate of drug-likeness (QED) is 0.266. The van der Waals surface area contributed by atoms with Crippen LogP contribution in [-0.2, 0) is 9.59 Å². The molecule has 1 aliphatic rings. The Morgan fingerprint density at radius 3 is 2.63 bits per heavy atom. The number of aromatic nitrogens is 1. The van der Waals surface area contributed by atoms with Gasteiger partial charge in [0.1, 0.15) is 5.76 Å². The minimum absolute atomic E-state index is 0.0766. The van der Waals surface area contributed by atoms with Gasteiger partial charge in [0.15, 0.2) is 5.13 Å². The van der Waals surface area contributed by atoms with Crippen molar-refractivity contribution in [1.82, 2.24) is 10.3 Å². The monoisotopic (exact) mass is 541 g/mol. The average molecular weight is 542 g/mol. The number of anilines is 2. The zero-order chi connectivity index (χ0) is 26.6. The summed E-state index contributed by atoms with van der Waals surface area (Å²) in [6, 6.07) is 20.9. The maximum atomic E-state index is 13.5. The summed E-state index contributed by atoms with van der Waals surface area (Å²) in [6.45, 7) is 3.69. The number of carbonyl (C=O) groups excluding carboxylic acids is 2. The third-order valence-corrected chi connectivity index (χ3v) is 7.97. The van der Waals surface area contributed by atoms with Crippen molar-refractivity contribution in [2.24, 2.45) is 0 Å². The van der Waals surface area contributed by atoms with E-state index in [2.05, 4.69) is 27.0 Å². The highest BCUT2D eigenvalue weighted by molar-refractivity contribution is 8.03. The van der Waals surface area contributed by atoms with Gasteiger partial charge in [0.2, 0.25) is 5.91 Å². The Labute approximate surface area is 227 Å². The molecule has 0 aliphatic carbocycles. The largest absolute Gasteiger partial charge is 0.468 e. The maximum Gasteiger partial charge on any atom is 0.256 e. The van der Waals surface area contributed by atoms with Gasteiger partial charge < -0.3 is 15.1 Å². The molecule has 2 aromatic carbocycles. The summed E-state index contributed by atoms with van der Waals surface area (Å²) in [5, 5.41) is 20.1. The molecule has 10 heteroatoms. The van der Waals surface area contributed by atoms with Crippen molar-refractivity contribution in [3.63, 3.8) is 0 Å². The predicted molar refractivity (Wildman–Crippen MR) is 150 cm³/mol. The van der Waals surface area contributed by atoms with Gasteiger partial charge in [-0.25, -0.2) is 4.98 Å². The first-order valence-electron chi connectivity index (χ1n) is 11.7. The smallest absolute Gasteiger partial charge is 0.256 e. The summed E-state index contributed by atoms with van der Waals surface area (Å²) in [7, 11) is 0. The molecule has 3 heterocycles. The van der Waals surface area contributed by atoms with Gasteiger partial charge in [-0.3, -0.25) is 14.9 Å². The zero-order valence-electron chi connectivity index (χ0n) is 20.6. The van der Waals surface area contributed by atoms with Gasteiger partial charge in [0, 0.05) is 11.4 Å². The standard InChI is InChI=1S/C28H23N5O3S2/c1-16-8-3-4-9-19(16)31-23(34)15-37-27-18(14-29)25(21-11-7-13-36-21)24(17(2)30-27)26(35)33-28-32-20-10-5-6-12-22(20)38-28/h3-13,25,30H,15H2,1-2H3,(H,31,34)(H,32,33,35). The van der Waals surface area contributed by atoms with Crippen LogP contribution < -0.4 is 16.0 Å². The number of carbonyl (C=O) groups is 2. The van der Waals surface area contributed by atoms with Gasteiger partial charge in [0.25, 0.3) is 5.91 Å². The highest BCUT2D eigenvalue weighted by Crippen LogP contribution is 2.41. The third kappa shape index (κ3) is 5.20. The van der Waals surface area contributed by atoms with Crippen LogP contribution in [0.3, 0.4) is 0 Å². The number of hydrogen-bond acceptors (Lipinski definition) is 8. The molecular weight excluding hydrogens is 518 g/mol. The van der Waals surface area contributed by atoms with Gasteiger partial charge in [-0.05, 0) is 49.7 Å². The highest BCUT2D eigenvalue weighted by atomic mass is 32.2. The number of nitrogens with zero attached hydrogens (tertiary/aromatic N) is 2. The molecule has 0 saturated heterocycles. The normalized spacial score (nSPS) is 15.2. The Hall–Kier alpha value is -4.33. The Balaban J connectivity index is 1.40. The number of allylic oxidation sites excluding steroid dienone is 2. The molecule has 0 spiro atoms. The van der Waals surface area contributed by atoms with Crippen molar-refractivity contribution in [1.29, 1.82) is 5.26 Å². The number of nitrogens with one attached hydrogen (secondary N) is 3. The Bertz CT molecular complexity index is 1600. The number of thioether (sulfide) groups is 1. The molecule has 190 valence electrons. The van der Waals surface area contributed by atoms with E-state index < -0.39 is 5.92 Å². The van der Waals surface area contributed by atoms with E-state index >= 15 is 0 Å². The van der Waals surface area contributed by atoms with Crippen LogP contribution in [0.15, 0.2) is 93.2 Å². The van der Waals surface area contributed by atoms with Crippen molar-refractivity contribution in [3.05, 3.63) is 100 Å². The van der Waals surface area contributed by atoms with Crippen molar-refractivity contribution in [2.45, 2.75) is 19.8 Å². The first-order valence-corrected chi connectivity index (χ1v) is 13.6. The Kier molecular flexibility index (Phi) is 7.31. The van der Waals surface area contributed by atoms with Crippen LogP contribution in [0.5, 0.6) is 0 Å². The van der Waals surface area contributed by atoms with E-state index in [-0.39, 0.29) is 17.6 Å². The van der Waals surface area contributed by atoms with E-state index in [0.717, 1.165) is 21.5 Å². The van der Waals surface area contributed by atoms with Gasteiger partial charge in [-0.15, -0.1) is 0 Å². The second-order valence-electron chi connectivity index (χ2n) is 8.56. The fourth-order valence-corrected chi connectivity index (χ4v) is 5.95. The van der Waals surface area contributed by atoms with Gasteiger partial charge in [-0.1, -0.05) is 53.4 Å². The van der Waals surface area contributed by atoms with Crippen LogP contribution in [0.2, 0.25) is 0 Å². The first kappa shape index (κ1) is 25.3. The minimum atomic E-state index is -0.743. The van der Waals surface area contributed by atoms with Crippen LogP contribution in [0.25, 0.3) is 10.2 Å². The molecule has 1 atom stereocenters. The summed E-state index contributed by atoms with van der Waals surface area (Å²) in [5.41, 5.74) is 3.70. The van der Waals surface area contributed by atoms with E-state index in [9.17, 15) is 14.9 Å². The number of nitriles is 1. The first-order chi connectivity index (χ1) is 18.4. The molecule has 2 amide bonds. The van der Waals surface area contributed by atoms with Gasteiger partial charge >= 0.3 is 0 Å². The molecular formula is C28H23N5O3S2. The summed E-state index contributed by atoms with van der Waals surface area (Å²) in [6.07, 6.45) is 1.51. The molecule has 2 aromatic heterocycles. The topological polar surface area (TPSA) is 120 Å². The van der Waals surface area contributed by atoms with Crippen LogP contribution in [0.1, 0.15) is 24.2 Å². The van der Waals surface area contributed by atoms with Crippen LogP contribution in [0.4, 0.5) is 10.8 Å². The number of hydrogen-bond donors (Lipinski definition) is 3. The molecule has 0 fully saturated rings. The molecule has 4 aromatic rings. The lowest BCUT2D eigenvalue weighted by molar-refractivity contribution is -0.114. The fraction of sp³-hybridized carbons (Fsp3) is 0.143. The van der Waals surface area contributed by atoms with E-state index in [4.69, 9.17) is 4.42 Å². The lowest BCUT2D eigenvalue weighted by Crippen LogP contribution is -2.31. The molecule has 0 saturated carbocycles. The number of para-hydroxylation sites is 2. The predicted octanol–water partition coefficient (Wildman–Crippen LogP) is 5.90.